The number of aryl methyl sites for hydroxylation is 1. The van der Waals surface area contributed by atoms with Crippen LogP contribution < -0.4 is 4.90 Å². The van der Waals surface area contributed by atoms with Gasteiger partial charge < -0.3 is 9.64 Å². The number of nitrogens with zero attached hydrogens (tertiary/aromatic N) is 7. The fourth-order valence-corrected chi connectivity index (χ4v) is 5.05. The molecule has 1 aliphatic heterocycles. The highest BCUT2D eigenvalue weighted by Crippen LogP contribution is 2.39. The van der Waals surface area contributed by atoms with Gasteiger partial charge in [0.25, 0.3) is 0 Å². The summed E-state index contributed by atoms with van der Waals surface area (Å²) in [5.74, 6) is 2.12. The van der Waals surface area contributed by atoms with E-state index in [4.69, 9.17) is 14.8 Å². The number of ether oxygens (including phenoxy) is 1. The van der Waals surface area contributed by atoms with E-state index in [0.29, 0.717) is 24.3 Å². The molecule has 1 saturated heterocycles. The first-order valence-corrected chi connectivity index (χ1v) is 12.8. The second kappa shape index (κ2) is 9.33. The Morgan fingerprint density at radius 3 is 2.50 bits per heavy atom. The lowest BCUT2D eigenvalue weighted by Crippen LogP contribution is -2.36. The summed E-state index contributed by atoms with van der Waals surface area (Å²) in [5.41, 5.74) is 5.88. The number of hydrogen-bond donors (Lipinski definition) is 0. The van der Waals surface area contributed by atoms with Crippen LogP contribution in [0.3, 0.4) is 0 Å². The number of fused-ring (bicyclic) bond motifs is 1. The minimum absolute atomic E-state index is 0.337. The molecule has 4 aromatic rings. The lowest BCUT2D eigenvalue weighted by Gasteiger charge is -2.32. The van der Waals surface area contributed by atoms with Crippen LogP contribution in [0.4, 0.5) is 5.95 Å². The van der Waals surface area contributed by atoms with Crippen molar-refractivity contribution in [3.05, 3.63) is 66.5 Å². The molecule has 6 rings (SSSR count). The molecule has 8 heteroatoms. The zero-order valence-corrected chi connectivity index (χ0v) is 20.9. The molecule has 1 aliphatic carbocycles. The summed E-state index contributed by atoms with van der Waals surface area (Å²) in [4.78, 5) is 21.0. The first-order chi connectivity index (χ1) is 17.6. The third-order valence-corrected chi connectivity index (χ3v) is 7.25. The number of piperidine rings is 1. The van der Waals surface area contributed by atoms with Crippen LogP contribution >= 0.6 is 0 Å². The van der Waals surface area contributed by atoms with Crippen LogP contribution in [0.15, 0.2) is 49.6 Å². The molecule has 5 heterocycles. The van der Waals surface area contributed by atoms with Crippen LogP contribution in [0, 0.1) is 6.92 Å². The number of pyridine rings is 2. The van der Waals surface area contributed by atoms with Crippen molar-refractivity contribution in [2.75, 3.05) is 24.6 Å². The van der Waals surface area contributed by atoms with E-state index in [9.17, 15) is 0 Å². The van der Waals surface area contributed by atoms with Crippen LogP contribution in [0.5, 0.6) is 0 Å². The highest BCUT2D eigenvalue weighted by Gasteiger charge is 2.26. The van der Waals surface area contributed by atoms with Gasteiger partial charge in [0.15, 0.2) is 0 Å². The van der Waals surface area contributed by atoms with Crippen molar-refractivity contribution < 1.29 is 4.74 Å². The number of anilines is 1. The van der Waals surface area contributed by atoms with Gasteiger partial charge >= 0.3 is 0 Å². The molecule has 0 bridgehead atoms. The number of hydrogen-bond acceptors (Lipinski definition) is 7. The lowest BCUT2D eigenvalue weighted by molar-refractivity contribution is 0.297. The van der Waals surface area contributed by atoms with E-state index in [-0.39, 0.29) is 0 Å². The molecule has 0 spiro atoms. The monoisotopic (exact) mass is 481 g/mol. The quantitative estimate of drug-likeness (QED) is 0.331. The summed E-state index contributed by atoms with van der Waals surface area (Å²) in [6.45, 7) is 10.3. The summed E-state index contributed by atoms with van der Waals surface area (Å²) in [6, 6.07) is 6.41. The van der Waals surface area contributed by atoms with Crippen molar-refractivity contribution in [3.63, 3.8) is 0 Å². The molecule has 2 aliphatic rings. The molecule has 4 aromatic heterocycles. The molecule has 0 amide bonds. The van der Waals surface area contributed by atoms with Gasteiger partial charge in [-0.05, 0) is 69.2 Å². The normalized spacial score (nSPS) is 16.4. The Kier molecular flexibility index (Phi) is 5.87. The maximum absolute atomic E-state index is 5.50. The van der Waals surface area contributed by atoms with Crippen molar-refractivity contribution in [2.45, 2.75) is 51.5 Å². The van der Waals surface area contributed by atoms with Gasteiger partial charge in [-0.25, -0.2) is 15.0 Å². The Morgan fingerprint density at radius 1 is 1.03 bits per heavy atom. The Hall–Kier alpha value is -3.81. The minimum Gasteiger partial charge on any atom is -0.492 e. The average Bonchev–Trinajstić information content (AvgIpc) is 3.68. The molecule has 0 N–H and O–H groups in total. The predicted molar refractivity (Wildman–Crippen MR) is 141 cm³/mol. The van der Waals surface area contributed by atoms with E-state index in [0.717, 1.165) is 65.4 Å². The Balaban J connectivity index is 1.16. The standard InChI is InChI=1S/C28H31N7O/c1-4-36-19(3)25-8-7-24(18(2)33-25)26-13-21-16-32-35(27(21)17-29-26)23-9-11-34(12-10-23)28-30-14-22(15-31-28)20-5-6-20/h7-8,13-17,20,23H,3-6,9-12H2,1-2H3. The molecule has 1 saturated carbocycles. The molecule has 36 heavy (non-hydrogen) atoms. The molecule has 8 nitrogen and oxygen atoms in total. The highest BCUT2D eigenvalue weighted by molar-refractivity contribution is 5.82. The molecule has 184 valence electrons. The first kappa shape index (κ1) is 22.6. The maximum Gasteiger partial charge on any atom is 0.225 e. The molecule has 2 fully saturated rings. The van der Waals surface area contributed by atoms with Gasteiger partial charge in [0.05, 0.1) is 36.3 Å². The topological polar surface area (TPSA) is 81.9 Å². The molecule has 0 unspecified atom stereocenters. The highest BCUT2D eigenvalue weighted by atomic mass is 16.5. The van der Waals surface area contributed by atoms with Gasteiger partial charge in [0, 0.05) is 42.1 Å². The smallest absolute Gasteiger partial charge is 0.225 e. The van der Waals surface area contributed by atoms with Crippen molar-refractivity contribution in [3.8, 4) is 11.3 Å². The summed E-state index contributed by atoms with van der Waals surface area (Å²) >= 11 is 0. The fourth-order valence-electron chi connectivity index (χ4n) is 5.05. The van der Waals surface area contributed by atoms with Crippen LogP contribution in [0.25, 0.3) is 27.9 Å². The molecular formula is C28H31N7O. The number of aromatic nitrogens is 6. The summed E-state index contributed by atoms with van der Waals surface area (Å²) in [5, 5.41) is 5.84. The summed E-state index contributed by atoms with van der Waals surface area (Å²) < 4.78 is 7.64. The van der Waals surface area contributed by atoms with Gasteiger partial charge in [0.2, 0.25) is 5.95 Å². The van der Waals surface area contributed by atoms with Crippen LogP contribution in [0.1, 0.15) is 61.5 Å². The van der Waals surface area contributed by atoms with E-state index < -0.39 is 0 Å². The largest absolute Gasteiger partial charge is 0.492 e. The van der Waals surface area contributed by atoms with Crippen LogP contribution in [-0.4, -0.2) is 49.4 Å². The minimum atomic E-state index is 0.337. The molecular weight excluding hydrogens is 450 g/mol. The van der Waals surface area contributed by atoms with Gasteiger partial charge in [0.1, 0.15) is 11.5 Å². The van der Waals surface area contributed by atoms with E-state index >= 15 is 0 Å². The second-order valence-corrected chi connectivity index (χ2v) is 9.71. The first-order valence-electron chi connectivity index (χ1n) is 12.8. The van der Waals surface area contributed by atoms with Crippen molar-refractivity contribution >= 4 is 22.6 Å². The van der Waals surface area contributed by atoms with Gasteiger partial charge in [-0.3, -0.25) is 9.67 Å². The zero-order chi connectivity index (χ0) is 24.6. The van der Waals surface area contributed by atoms with Gasteiger partial charge in [-0.2, -0.15) is 5.10 Å². The average molecular weight is 482 g/mol. The van der Waals surface area contributed by atoms with Crippen molar-refractivity contribution in [1.82, 2.24) is 29.7 Å². The third kappa shape index (κ3) is 4.32. The van der Waals surface area contributed by atoms with Gasteiger partial charge in [-0.1, -0.05) is 6.58 Å². The van der Waals surface area contributed by atoms with Crippen molar-refractivity contribution in [2.24, 2.45) is 0 Å². The predicted octanol–water partition coefficient (Wildman–Crippen LogP) is 5.32. The summed E-state index contributed by atoms with van der Waals surface area (Å²) in [7, 11) is 0. The third-order valence-electron chi connectivity index (χ3n) is 7.25. The van der Waals surface area contributed by atoms with E-state index in [1.165, 1.54) is 18.4 Å². The molecule has 0 radical (unpaired) electrons. The zero-order valence-electron chi connectivity index (χ0n) is 20.9. The van der Waals surface area contributed by atoms with E-state index in [1.54, 1.807) is 0 Å². The van der Waals surface area contributed by atoms with Crippen LogP contribution in [-0.2, 0) is 4.74 Å². The Morgan fingerprint density at radius 2 is 1.81 bits per heavy atom. The lowest BCUT2D eigenvalue weighted by atomic mass is 10.0. The van der Waals surface area contributed by atoms with E-state index in [1.807, 2.05) is 50.8 Å². The van der Waals surface area contributed by atoms with Crippen molar-refractivity contribution in [1.29, 1.82) is 0 Å². The van der Waals surface area contributed by atoms with E-state index in [2.05, 4.69) is 37.2 Å². The SMILES string of the molecule is C=C(OCC)c1ccc(-c2cc3cnn(C4CCN(c5ncc(C6CC6)cn5)CC4)c3cn2)c(C)n1. The molecule has 0 atom stereocenters. The maximum atomic E-state index is 5.50. The molecule has 0 aromatic carbocycles. The Labute approximate surface area is 211 Å². The van der Waals surface area contributed by atoms with Gasteiger partial charge in [-0.15, -0.1) is 0 Å². The fraction of sp³-hybridized carbons (Fsp3) is 0.393. The van der Waals surface area contributed by atoms with Crippen LogP contribution in [0.2, 0.25) is 0 Å². The number of rotatable bonds is 7. The summed E-state index contributed by atoms with van der Waals surface area (Å²) in [6.07, 6.45) is 12.5. The second-order valence-electron chi connectivity index (χ2n) is 9.71. The Bertz CT molecular complexity index is 1400.